The van der Waals surface area contributed by atoms with E-state index < -0.39 is 0 Å². The second kappa shape index (κ2) is 4.94. The number of aromatic amines is 1. The maximum Gasteiger partial charge on any atom is 0.180 e. The van der Waals surface area contributed by atoms with Crippen molar-refractivity contribution in [1.29, 1.82) is 0 Å². The predicted molar refractivity (Wildman–Crippen MR) is 56.6 cm³/mol. The number of nitrogens with one attached hydrogen (secondary N) is 1. The zero-order chi connectivity index (χ0) is 10.6. The third-order valence-corrected chi connectivity index (χ3v) is 2.39. The van der Waals surface area contributed by atoms with Crippen molar-refractivity contribution in [3.8, 4) is 0 Å². The van der Waals surface area contributed by atoms with Crippen molar-refractivity contribution < 1.29 is 4.79 Å². The first kappa shape index (κ1) is 11.0. The Morgan fingerprint density at radius 1 is 1.29 bits per heavy atom. The number of Topliss-reactive ketones (excluding diaryl/α,β-unsaturated/α-hetero) is 1. The highest BCUT2D eigenvalue weighted by molar-refractivity contribution is 5.93. The van der Waals surface area contributed by atoms with Gasteiger partial charge in [-0.15, -0.1) is 0 Å². The summed E-state index contributed by atoms with van der Waals surface area (Å²) < 4.78 is 0. The Kier molecular flexibility index (Phi) is 3.86. The fraction of sp³-hybridized carbons (Fsp3) is 0.636. The number of carbonyl (C=O) groups excluding carboxylic acids is 1. The van der Waals surface area contributed by atoms with E-state index in [1.165, 1.54) is 18.5 Å². The van der Waals surface area contributed by atoms with E-state index in [9.17, 15) is 4.79 Å². The van der Waals surface area contributed by atoms with Gasteiger partial charge in [-0.25, -0.2) is 0 Å². The van der Waals surface area contributed by atoms with Crippen LogP contribution >= 0.6 is 0 Å². The van der Waals surface area contributed by atoms with Crippen molar-refractivity contribution in [2.45, 2.75) is 46.5 Å². The van der Waals surface area contributed by atoms with Gasteiger partial charge in [0.15, 0.2) is 5.78 Å². The minimum Gasteiger partial charge on any atom is -0.293 e. The quantitative estimate of drug-likeness (QED) is 0.698. The molecule has 3 nitrogen and oxygen atoms in total. The average Bonchev–Trinajstić information content (AvgIpc) is 2.64. The molecule has 0 atom stereocenters. The van der Waals surface area contributed by atoms with E-state index in [2.05, 4.69) is 10.2 Å². The lowest BCUT2D eigenvalue weighted by atomic mass is 9.95. The van der Waals surface area contributed by atoms with E-state index in [-0.39, 0.29) is 5.78 Å². The zero-order valence-corrected chi connectivity index (χ0v) is 9.18. The molecule has 1 heterocycles. The molecule has 0 fully saturated rings. The molecule has 0 spiro atoms. The molecule has 1 N–H and O–H groups in total. The Balaban J connectivity index is 0.000000461. The van der Waals surface area contributed by atoms with Crippen molar-refractivity contribution >= 4 is 5.78 Å². The Morgan fingerprint density at radius 3 is 2.57 bits per heavy atom. The maximum absolute atomic E-state index is 11.1. The summed E-state index contributed by atoms with van der Waals surface area (Å²) in [6.45, 7) is 5.57. The molecule has 1 aromatic heterocycles. The number of rotatable bonds is 1. The molecule has 0 saturated heterocycles. The average molecular weight is 194 g/mol. The summed E-state index contributed by atoms with van der Waals surface area (Å²) in [5, 5.41) is 6.96. The molecule has 1 aliphatic rings. The van der Waals surface area contributed by atoms with Crippen molar-refractivity contribution in [2.24, 2.45) is 0 Å². The van der Waals surface area contributed by atoms with Crippen LogP contribution in [0.4, 0.5) is 0 Å². The Labute approximate surface area is 84.9 Å². The molecule has 1 aromatic rings. The standard InChI is InChI=1S/C9H12N2O.C2H6/c1-6(12)9-7-4-2-3-5-8(7)10-11-9;1-2/h2-5H2,1H3,(H,10,11);1-2H3. The first-order valence-corrected chi connectivity index (χ1v) is 5.36. The van der Waals surface area contributed by atoms with E-state index >= 15 is 0 Å². The second-order valence-electron chi connectivity index (χ2n) is 3.29. The minimum absolute atomic E-state index is 0.0781. The molecule has 0 aromatic carbocycles. The van der Waals surface area contributed by atoms with Crippen LogP contribution in [0.25, 0.3) is 0 Å². The van der Waals surface area contributed by atoms with Gasteiger partial charge in [-0.3, -0.25) is 9.89 Å². The minimum atomic E-state index is 0.0781. The smallest absolute Gasteiger partial charge is 0.180 e. The van der Waals surface area contributed by atoms with Gasteiger partial charge in [0.25, 0.3) is 0 Å². The highest BCUT2D eigenvalue weighted by Crippen LogP contribution is 2.21. The van der Waals surface area contributed by atoms with Crippen molar-refractivity contribution in [2.75, 3.05) is 0 Å². The van der Waals surface area contributed by atoms with Crippen LogP contribution in [0.15, 0.2) is 0 Å². The first-order valence-electron chi connectivity index (χ1n) is 5.36. The van der Waals surface area contributed by atoms with Gasteiger partial charge in [0, 0.05) is 18.2 Å². The van der Waals surface area contributed by atoms with Gasteiger partial charge in [-0.2, -0.15) is 5.10 Å². The SMILES string of the molecule is CC.CC(=O)c1n[nH]c2c1CCCC2. The highest BCUT2D eigenvalue weighted by atomic mass is 16.1. The molecule has 0 radical (unpaired) electrons. The van der Waals surface area contributed by atoms with Crippen LogP contribution in [0.2, 0.25) is 0 Å². The number of nitrogens with zero attached hydrogens (tertiary/aromatic N) is 1. The van der Waals surface area contributed by atoms with Gasteiger partial charge in [0.2, 0.25) is 0 Å². The van der Waals surface area contributed by atoms with Crippen LogP contribution in [0.3, 0.4) is 0 Å². The van der Waals surface area contributed by atoms with E-state index in [0.29, 0.717) is 5.69 Å². The summed E-state index contributed by atoms with van der Waals surface area (Å²) in [5.74, 6) is 0.0781. The normalized spacial score (nSPS) is 13.9. The molecular weight excluding hydrogens is 176 g/mol. The van der Waals surface area contributed by atoms with Gasteiger partial charge in [0.1, 0.15) is 5.69 Å². The fourth-order valence-corrected chi connectivity index (χ4v) is 1.77. The van der Waals surface area contributed by atoms with Gasteiger partial charge in [0.05, 0.1) is 0 Å². The molecule has 0 saturated carbocycles. The van der Waals surface area contributed by atoms with Crippen molar-refractivity contribution in [1.82, 2.24) is 10.2 Å². The molecular formula is C11H18N2O. The van der Waals surface area contributed by atoms with Crippen molar-refractivity contribution in [3.63, 3.8) is 0 Å². The zero-order valence-electron chi connectivity index (χ0n) is 9.18. The van der Waals surface area contributed by atoms with E-state index in [1.54, 1.807) is 6.92 Å². The number of fused-ring (bicyclic) bond motifs is 1. The summed E-state index contributed by atoms with van der Waals surface area (Å²) >= 11 is 0. The molecule has 3 heteroatoms. The van der Waals surface area contributed by atoms with Gasteiger partial charge in [-0.1, -0.05) is 13.8 Å². The highest BCUT2D eigenvalue weighted by Gasteiger charge is 2.18. The topological polar surface area (TPSA) is 45.8 Å². The van der Waals surface area contributed by atoms with Gasteiger partial charge >= 0.3 is 0 Å². The number of aryl methyl sites for hydroxylation is 1. The summed E-state index contributed by atoms with van der Waals surface area (Å²) in [7, 11) is 0. The molecule has 0 amide bonds. The first-order chi connectivity index (χ1) is 6.79. The van der Waals surface area contributed by atoms with E-state index in [1.807, 2.05) is 13.8 Å². The summed E-state index contributed by atoms with van der Waals surface area (Å²) in [4.78, 5) is 11.1. The summed E-state index contributed by atoms with van der Waals surface area (Å²) in [5.41, 5.74) is 2.99. The third kappa shape index (κ3) is 2.03. The Bertz CT molecular complexity index is 315. The molecule has 0 unspecified atom stereocenters. The molecule has 0 bridgehead atoms. The second-order valence-corrected chi connectivity index (χ2v) is 3.29. The van der Waals surface area contributed by atoms with Crippen LogP contribution in [0.5, 0.6) is 0 Å². The van der Waals surface area contributed by atoms with E-state index in [4.69, 9.17) is 0 Å². The number of carbonyl (C=O) groups is 1. The largest absolute Gasteiger partial charge is 0.293 e. The molecule has 14 heavy (non-hydrogen) atoms. The molecule has 78 valence electrons. The molecule has 1 aliphatic carbocycles. The maximum atomic E-state index is 11.1. The van der Waals surface area contributed by atoms with Crippen LogP contribution in [0.1, 0.15) is 55.4 Å². The number of aromatic nitrogens is 2. The number of ketones is 1. The van der Waals surface area contributed by atoms with Crippen LogP contribution in [0, 0.1) is 0 Å². The number of H-pyrrole nitrogens is 1. The van der Waals surface area contributed by atoms with Crippen LogP contribution in [-0.2, 0) is 12.8 Å². The molecule has 2 rings (SSSR count). The van der Waals surface area contributed by atoms with Crippen LogP contribution in [-0.4, -0.2) is 16.0 Å². The molecule has 0 aliphatic heterocycles. The van der Waals surface area contributed by atoms with Gasteiger partial charge in [-0.05, 0) is 25.7 Å². The summed E-state index contributed by atoms with van der Waals surface area (Å²) in [6.07, 6.45) is 4.47. The van der Waals surface area contributed by atoms with Crippen LogP contribution < -0.4 is 0 Å². The number of hydrogen-bond acceptors (Lipinski definition) is 2. The lowest BCUT2D eigenvalue weighted by Gasteiger charge is -2.09. The van der Waals surface area contributed by atoms with E-state index in [0.717, 1.165) is 18.4 Å². The summed E-state index contributed by atoms with van der Waals surface area (Å²) in [6, 6.07) is 0. The monoisotopic (exact) mass is 194 g/mol. The fourth-order valence-electron chi connectivity index (χ4n) is 1.77. The Hall–Kier alpha value is -1.12. The third-order valence-electron chi connectivity index (χ3n) is 2.39. The van der Waals surface area contributed by atoms with Crippen molar-refractivity contribution in [3.05, 3.63) is 17.0 Å². The number of hydrogen-bond donors (Lipinski definition) is 1. The predicted octanol–water partition coefficient (Wildman–Crippen LogP) is 2.52. The lowest BCUT2D eigenvalue weighted by molar-refractivity contribution is 0.101. The lowest BCUT2D eigenvalue weighted by Crippen LogP contribution is -2.04. The van der Waals surface area contributed by atoms with Gasteiger partial charge < -0.3 is 0 Å². The Morgan fingerprint density at radius 2 is 1.93 bits per heavy atom.